The lowest BCUT2D eigenvalue weighted by Crippen LogP contribution is -2.56. The molecule has 0 saturated heterocycles. The van der Waals surface area contributed by atoms with E-state index in [1.165, 1.54) is 18.2 Å². The Morgan fingerprint density at radius 1 is 1.50 bits per heavy atom. The molecule has 2 unspecified atom stereocenters. The van der Waals surface area contributed by atoms with Gasteiger partial charge in [-0.1, -0.05) is 41.4 Å². The molecule has 0 spiro atoms. The topological polar surface area (TPSA) is 52.4 Å². The van der Waals surface area contributed by atoms with Crippen LogP contribution in [0.25, 0.3) is 0 Å². The first-order chi connectivity index (χ1) is 9.44. The average Bonchev–Trinajstić information content (AvgIpc) is 2.41. The predicted octanol–water partition coefficient (Wildman–Crippen LogP) is 4.97. The summed E-state index contributed by atoms with van der Waals surface area (Å²) in [7, 11) is 0. The van der Waals surface area contributed by atoms with Crippen LogP contribution in [0.2, 0.25) is 5.02 Å². The fraction of sp³-hybridized carbons (Fsp3) is 0.571. The zero-order chi connectivity index (χ0) is 14.9. The molecule has 6 heteroatoms. The lowest BCUT2D eigenvalue weighted by atomic mass is 9.62. The number of alkyl halides is 1. The first-order valence-corrected chi connectivity index (χ1v) is 7.98. The van der Waals surface area contributed by atoms with Crippen molar-refractivity contribution in [1.82, 2.24) is 0 Å². The zero-order valence-electron chi connectivity index (χ0n) is 11.4. The molecule has 1 fully saturated rings. The Kier molecular flexibility index (Phi) is 4.59. The largest absolute Gasteiger partial charge is 0.488 e. The van der Waals surface area contributed by atoms with Crippen LogP contribution in [0.1, 0.15) is 33.1 Å². The zero-order valence-corrected chi connectivity index (χ0v) is 13.8. The molecular formula is C14H17BrClNO3. The Labute approximate surface area is 131 Å². The minimum absolute atomic E-state index is 0.00212. The molecule has 2 atom stereocenters. The summed E-state index contributed by atoms with van der Waals surface area (Å²) in [5.74, 6) is 0.400. The normalized spacial score (nSPS) is 24.0. The molecule has 0 heterocycles. The highest BCUT2D eigenvalue weighted by molar-refractivity contribution is 9.09. The number of nitrogens with zero attached hydrogens (tertiary/aromatic N) is 1. The number of ether oxygens (including phenoxy) is 1. The summed E-state index contributed by atoms with van der Waals surface area (Å²) >= 11 is 9.78. The summed E-state index contributed by atoms with van der Waals surface area (Å²) in [4.78, 5) is 10.8. The average molecular weight is 363 g/mol. The first kappa shape index (κ1) is 15.6. The van der Waals surface area contributed by atoms with Crippen LogP contribution in [0, 0.1) is 15.5 Å². The van der Waals surface area contributed by atoms with Crippen molar-refractivity contribution >= 4 is 33.2 Å². The molecule has 0 N–H and O–H groups in total. The van der Waals surface area contributed by atoms with Crippen molar-refractivity contribution < 1.29 is 9.66 Å². The maximum Gasteiger partial charge on any atom is 0.273 e. The lowest BCUT2D eigenvalue weighted by Gasteiger charge is -2.52. The molecule has 20 heavy (non-hydrogen) atoms. The third kappa shape index (κ3) is 2.53. The maximum absolute atomic E-state index is 10.8. The second-order valence-corrected chi connectivity index (χ2v) is 6.63. The van der Waals surface area contributed by atoms with Gasteiger partial charge in [-0.15, -0.1) is 0 Å². The van der Waals surface area contributed by atoms with Gasteiger partial charge >= 0.3 is 0 Å². The summed E-state index contributed by atoms with van der Waals surface area (Å²) in [6, 6.07) is 4.30. The number of hydrogen-bond donors (Lipinski definition) is 0. The molecule has 0 aromatic heterocycles. The van der Waals surface area contributed by atoms with Crippen molar-refractivity contribution in [1.29, 1.82) is 0 Å². The van der Waals surface area contributed by atoms with Gasteiger partial charge in [0, 0.05) is 16.3 Å². The molecular weight excluding hydrogens is 346 g/mol. The summed E-state index contributed by atoms with van der Waals surface area (Å²) < 4.78 is 5.97. The van der Waals surface area contributed by atoms with E-state index in [-0.39, 0.29) is 17.2 Å². The van der Waals surface area contributed by atoms with Crippen LogP contribution in [-0.2, 0) is 0 Å². The van der Waals surface area contributed by atoms with Gasteiger partial charge in [0.05, 0.1) is 16.0 Å². The van der Waals surface area contributed by atoms with Gasteiger partial charge in [0.2, 0.25) is 0 Å². The molecule has 0 amide bonds. The van der Waals surface area contributed by atoms with Gasteiger partial charge in [-0.2, -0.15) is 0 Å². The van der Waals surface area contributed by atoms with Crippen molar-refractivity contribution in [3.8, 4) is 5.75 Å². The van der Waals surface area contributed by atoms with Gasteiger partial charge in [0.25, 0.3) is 5.69 Å². The van der Waals surface area contributed by atoms with E-state index in [4.69, 9.17) is 16.3 Å². The standard InChI is InChI=1S/C14H17BrClNO3/c1-3-14(4-2)12(15)8-13(14)20-11-7-9(17(18)19)5-6-10(11)16/h5-7,12-13H,3-4,8H2,1-2H3. The van der Waals surface area contributed by atoms with E-state index in [0.717, 1.165) is 19.3 Å². The summed E-state index contributed by atoms with van der Waals surface area (Å²) in [6.07, 6.45) is 2.93. The molecule has 0 aliphatic heterocycles. The molecule has 1 aliphatic carbocycles. The molecule has 110 valence electrons. The minimum Gasteiger partial charge on any atom is -0.488 e. The van der Waals surface area contributed by atoms with Crippen molar-refractivity contribution in [2.75, 3.05) is 0 Å². The van der Waals surface area contributed by atoms with Crippen LogP contribution in [0.15, 0.2) is 18.2 Å². The monoisotopic (exact) mass is 361 g/mol. The Hall–Kier alpha value is -0.810. The van der Waals surface area contributed by atoms with E-state index < -0.39 is 4.92 Å². The number of non-ortho nitro benzene ring substituents is 1. The maximum atomic E-state index is 10.8. The van der Waals surface area contributed by atoms with Gasteiger partial charge < -0.3 is 4.74 Å². The SMILES string of the molecule is CCC1(CC)C(Br)CC1Oc1cc([N+](=O)[O-])ccc1Cl. The van der Waals surface area contributed by atoms with E-state index in [1.807, 2.05) is 0 Å². The highest BCUT2D eigenvalue weighted by Crippen LogP contribution is 2.53. The molecule has 2 rings (SSSR count). The van der Waals surface area contributed by atoms with Crippen LogP contribution in [0.3, 0.4) is 0 Å². The van der Waals surface area contributed by atoms with Crippen LogP contribution >= 0.6 is 27.5 Å². The number of nitro groups is 1. The number of hydrogen-bond acceptors (Lipinski definition) is 3. The van der Waals surface area contributed by atoms with E-state index in [0.29, 0.717) is 15.6 Å². The van der Waals surface area contributed by atoms with E-state index in [1.54, 1.807) is 0 Å². The van der Waals surface area contributed by atoms with Gasteiger partial charge in [-0.3, -0.25) is 10.1 Å². The highest BCUT2D eigenvalue weighted by Gasteiger charge is 2.53. The molecule has 1 saturated carbocycles. The summed E-state index contributed by atoms with van der Waals surface area (Å²) in [5.41, 5.74) is 0.0752. The molecule has 4 nitrogen and oxygen atoms in total. The number of rotatable bonds is 5. The van der Waals surface area contributed by atoms with Crippen molar-refractivity contribution in [2.45, 2.75) is 44.0 Å². The Balaban J connectivity index is 2.22. The predicted molar refractivity (Wildman–Crippen MR) is 82.9 cm³/mol. The van der Waals surface area contributed by atoms with Gasteiger partial charge in [0.1, 0.15) is 11.9 Å². The van der Waals surface area contributed by atoms with Crippen LogP contribution in [0.4, 0.5) is 5.69 Å². The molecule has 1 aliphatic rings. The second kappa shape index (κ2) is 5.90. The number of nitro benzene ring substituents is 1. The van der Waals surface area contributed by atoms with Gasteiger partial charge in [-0.05, 0) is 25.3 Å². The molecule has 0 radical (unpaired) electrons. The van der Waals surface area contributed by atoms with Gasteiger partial charge in [-0.25, -0.2) is 0 Å². The minimum atomic E-state index is -0.440. The van der Waals surface area contributed by atoms with Crippen LogP contribution in [0.5, 0.6) is 5.75 Å². The second-order valence-electron chi connectivity index (χ2n) is 5.12. The molecule has 0 bridgehead atoms. The third-order valence-electron chi connectivity index (χ3n) is 4.40. The van der Waals surface area contributed by atoms with Crippen molar-refractivity contribution in [3.63, 3.8) is 0 Å². The molecule has 1 aromatic carbocycles. The van der Waals surface area contributed by atoms with Crippen LogP contribution in [-0.4, -0.2) is 15.9 Å². The van der Waals surface area contributed by atoms with Crippen LogP contribution < -0.4 is 4.74 Å². The molecule has 1 aromatic rings. The number of halogens is 2. The van der Waals surface area contributed by atoms with E-state index >= 15 is 0 Å². The quantitative estimate of drug-likeness (QED) is 0.422. The fourth-order valence-electron chi connectivity index (χ4n) is 2.86. The van der Waals surface area contributed by atoms with Crippen molar-refractivity contribution in [3.05, 3.63) is 33.3 Å². The lowest BCUT2D eigenvalue weighted by molar-refractivity contribution is -0.385. The third-order valence-corrected chi connectivity index (χ3v) is 6.00. The Morgan fingerprint density at radius 2 is 2.15 bits per heavy atom. The highest BCUT2D eigenvalue weighted by atomic mass is 79.9. The smallest absolute Gasteiger partial charge is 0.273 e. The number of benzene rings is 1. The van der Waals surface area contributed by atoms with E-state index in [2.05, 4.69) is 29.8 Å². The fourth-order valence-corrected chi connectivity index (χ4v) is 4.31. The first-order valence-electron chi connectivity index (χ1n) is 6.69. The van der Waals surface area contributed by atoms with Crippen molar-refractivity contribution in [2.24, 2.45) is 5.41 Å². The Morgan fingerprint density at radius 3 is 2.65 bits per heavy atom. The summed E-state index contributed by atoms with van der Waals surface area (Å²) in [5, 5.41) is 11.2. The Bertz CT molecular complexity index is 519. The van der Waals surface area contributed by atoms with E-state index in [9.17, 15) is 10.1 Å². The van der Waals surface area contributed by atoms with Gasteiger partial charge in [0.15, 0.2) is 0 Å². The summed E-state index contributed by atoms with van der Waals surface area (Å²) in [6.45, 7) is 4.28.